The normalized spacial score (nSPS) is 21.2. The van der Waals surface area contributed by atoms with E-state index in [4.69, 9.17) is 9.84 Å². The van der Waals surface area contributed by atoms with Crippen molar-refractivity contribution in [1.82, 2.24) is 24.6 Å². The molecule has 28 heavy (non-hydrogen) atoms. The molecule has 7 nitrogen and oxygen atoms in total. The topological polar surface area (TPSA) is 59.3 Å². The minimum absolute atomic E-state index is 0.517. The Bertz CT molecular complexity index is 820. The van der Waals surface area contributed by atoms with Gasteiger partial charge in [0.25, 0.3) is 0 Å². The highest BCUT2D eigenvalue weighted by atomic mass is 16.5. The summed E-state index contributed by atoms with van der Waals surface area (Å²) in [5, 5.41) is 4.73. The van der Waals surface area contributed by atoms with Crippen LogP contribution in [0.5, 0.6) is 0 Å². The molecule has 2 aromatic rings. The first kappa shape index (κ1) is 18.1. The molecule has 4 heterocycles. The van der Waals surface area contributed by atoms with Gasteiger partial charge in [0.2, 0.25) is 0 Å². The number of piperazine rings is 1. The van der Waals surface area contributed by atoms with E-state index in [9.17, 15) is 0 Å². The summed E-state index contributed by atoms with van der Waals surface area (Å²) in [5.74, 6) is 1.60. The Morgan fingerprint density at radius 1 is 1.07 bits per heavy atom. The molecule has 0 atom stereocenters. The highest BCUT2D eigenvalue weighted by molar-refractivity contribution is 5.40. The maximum absolute atomic E-state index is 5.49. The Kier molecular flexibility index (Phi) is 5.03. The molecule has 0 N–H and O–H groups in total. The van der Waals surface area contributed by atoms with Crippen LogP contribution in [0.4, 0.5) is 5.82 Å². The van der Waals surface area contributed by atoms with Gasteiger partial charge >= 0.3 is 0 Å². The van der Waals surface area contributed by atoms with E-state index in [1.807, 2.05) is 0 Å². The summed E-state index contributed by atoms with van der Waals surface area (Å²) in [4.78, 5) is 14.1. The predicted octanol–water partition coefficient (Wildman–Crippen LogP) is 1.91. The first-order chi connectivity index (χ1) is 13.8. The fraction of sp³-hybridized carbons (Fsp3) is 0.667. The van der Waals surface area contributed by atoms with E-state index < -0.39 is 0 Å². The Labute approximate surface area is 166 Å². The Morgan fingerprint density at radius 2 is 1.89 bits per heavy atom. The van der Waals surface area contributed by atoms with E-state index in [-0.39, 0.29) is 0 Å². The minimum atomic E-state index is 0.517. The molecule has 0 saturated carbocycles. The average Bonchev–Trinajstić information content (AvgIpc) is 3.31. The maximum atomic E-state index is 5.49. The molecule has 0 unspecified atom stereocenters. The van der Waals surface area contributed by atoms with Gasteiger partial charge in [0, 0.05) is 70.7 Å². The third-order valence-electron chi connectivity index (χ3n) is 6.58. The van der Waals surface area contributed by atoms with Crippen molar-refractivity contribution in [2.24, 2.45) is 7.05 Å². The van der Waals surface area contributed by atoms with Crippen LogP contribution < -0.4 is 4.90 Å². The standard InChI is InChI=1S/C21H30N6O/c1-25-20(17-3-2-4-18(17)24-25)14-26-7-9-27(10-8-26)21-13-19(22-15-23-21)16-5-11-28-12-6-16/h13,15-16H,2-12,14H2,1H3. The summed E-state index contributed by atoms with van der Waals surface area (Å²) in [5.41, 5.74) is 5.45. The van der Waals surface area contributed by atoms with Gasteiger partial charge in [-0.2, -0.15) is 5.10 Å². The molecule has 0 spiro atoms. The number of anilines is 1. The van der Waals surface area contributed by atoms with Gasteiger partial charge in [-0.1, -0.05) is 0 Å². The molecule has 1 aliphatic carbocycles. The molecule has 0 radical (unpaired) electrons. The van der Waals surface area contributed by atoms with E-state index in [1.165, 1.54) is 35.5 Å². The summed E-state index contributed by atoms with van der Waals surface area (Å²) in [6, 6.07) is 2.21. The van der Waals surface area contributed by atoms with Crippen LogP contribution in [-0.4, -0.2) is 64.0 Å². The molecule has 2 fully saturated rings. The Morgan fingerprint density at radius 3 is 2.71 bits per heavy atom. The van der Waals surface area contributed by atoms with Crippen molar-refractivity contribution >= 4 is 5.82 Å². The summed E-state index contributed by atoms with van der Waals surface area (Å²) in [6.07, 6.45) is 7.50. The number of hydrogen-bond acceptors (Lipinski definition) is 6. The van der Waals surface area contributed by atoms with Crippen molar-refractivity contribution < 1.29 is 4.74 Å². The van der Waals surface area contributed by atoms with Gasteiger partial charge in [-0.25, -0.2) is 9.97 Å². The summed E-state index contributed by atoms with van der Waals surface area (Å²) in [6.45, 7) is 6.88. The maximum Gasteiger partial charge on any atom is 0.132 e. The van der Waals surface area contributed by atoms with Crippen molar-refractivity contribution in [3.8, 4) is 0 Å². The molecule has 0 aromatic carbocycles. The smallest absolute Gasteiger partial charge is 0.132 e. The Hall–Kier alpha value is -1.99. The van der Waals surface area contributed by atoms with Crippen LogP contribution in [0, 0.1) is 0 Å². The van der Waals surface area contributed by atoms with E-state index >= 15 is 0 Å². The zero-order chi connectivity index (χ0) is 18.9. The number of aromatic nitrogens is 4. The van der Waals surface area contributed by atoms with E-state index in [0.717, 1.165) is 71.0 Å². The second kappa shape index (κ2) is 7.79. The van der Waals surface area contributed by atoms with E-state index in [1.54, 1.807) is 6.33 Å². The van der Waals surface area contributed by atoms with Crippen molar-refractivity contribution in [3.05, 3.63) is 35.0 Å². The van der Waals surface area contributed by atoms with Crippen molar-refractivity contribution in [3.63, 3.8) is 0 Å². The van der Waals surface area contributed by atoms with Gasteiger partial charge in [-0.15, -0.1) is 0 Å². The van der Waals surface area contributed by atoms with E-state index in [0.29, 0.717) is 5.92 Å². The lowest BCUT2D eigenvalue weighted by Crippen LogP contribution is -2.46. The molecule has 5 rings (SSSR count). The second-order valence-corrected chi connectivity index (χ2v) is 8.30. The molecular formula is C21H30N6O. The highest BCUT2D eigenvalue weighted by Gasteiger charge is 2.25. The van der Waals surface area contributed by atoms with Crippen LogP contribution in [0.3, 0.4) is 0 Å². The van der Waals surface area contributed by atoms with Crippen molar-refractivity contribution in [2.75, 3.05) is 44.3 Å². The van der Waals surface area contributed by atoms with Crippen LogP contribution in [0.25, 0.3) is 0 Å². The summed E-state index contributed by atoms with van der Waals surface area (Å²) >= 11 is 0. The van der Waals surface area contributed by atoms with Gasteiger partial charge in [-0.3, -0.25) is 9.58 Å². The number of nitrogens with zero attached hydrogens (tertiary/aromatic N) is 6. The van der Waals surface area contributed by atoms with E-state index in [2.05, 4.69) is 37.6 Å². The quantitative estimate of drug-likeness (QED) is 0.805. The minimum Gasteiger partial charge on any atom is -0.381 e. The number of aryl methyl sites for hydroxylation is 2. The molecule has 3 aliphatic rings. The second-order valence-electron chi connectivity index (χ2n) is 8.30. The van der Waals surface area contributed by atoms with Gasteiger partial charge < -0.3 is 9.64 Å². The third-order valence-corrected chi connectivity index (χ3v) is 6.58. The first-order valence-corrected chi connectivity index (χ1v) is 10.7. The summed E-state index contributed by atoms with van der Waals surface area (Å²) in [7, 11) is 2.10. The lowest BCUT2D eigenvalue weighted by Gasteiger charge is -2.35. The molecule has 150 valence electrons. The van der Waals surface area contributed by atoms with Crippen LogP contribution in [0.15, 0.2) is 12.4 Å². The number of fused-ring (bicyclic) bond motifs is 1. The SMILES string of the molecule is Cn1nc2c(c1CN1CCN(c3cc(C4CCOCC4)ncn3)CC1)CCC2. The summed E-state index contributed by atoms with van der Waals surface area (Å²) < 4.78 is 7.60. The largest absolute Gasteiger partial charge is 0.381 e. The van der Waals surface area contributed by atoms with Crippen LogP contribution in [0.2, 0.25) is 0 Å². The molecular weight excluding hydrogens is 352 g/mol. The highest BCUT2D eigenvalue weighted by Crippen LogP contribution is 2.28. The van der Waals surface area contributed by atoms with Crippen molar-refractivity contribution in [2.45, 2.75) is 44.6 Å². The Balaban J connectivity index is 1.22. The van der Waals surface area contributed by atoms with Crippen LogP contribution >= 0.6 is 0 Å². The molecule has 0 amide bonds. The first-order valence-electron chi connectivity index (χ1n) is 10.7. The zero-order valence-corrected chi connectivity index (χ0v) is 16.8. The molecule has 2 aliphatic heterocycles. The number of rotatable bonds is 4. The molecule has 2 saturated heterocycles. The third kappa shape index (κ3) is 3.53. The fourth-order valence-corrected chi connectivity index (χ4v) is 4.88. The lowest BCUT2D eigenvalue weighted by atomic mass is 9.96. The fourth-order valence-electron chi connectivity index (χ4n) is 4.88. The van der Waals surface area contributed by atoms with Gasteiger partial charge in [0.15, 0.2) is 0 Å². The predicted molar refractivity (Wildman–Crippen MR) is 108 cm³/mol. The average molecular weight is 383 g/mol. The number of hydrogen-bond donors (Lipinski definition) is 0. The molecule has 0 bridgehead atoms. The van der Waals surface area contributed by atoms with Gasteiger partial charge in [-0.05, 0) is 37.7 Å². The van der Waals surface area contributed by atoms with Crippen LogP contribution in [-0.2, 0) is 31.2 Å². The monoisotopic (exact) mass is 382 g/mol. The van der Waals surface area contributed by atoms with Crippen LogP contribution in [0.1, 0.15) is 47.8 Å². The zero-order valence-electron chi connectivity index (χ0n) is 16.8. The molecule has 7 heteroatoms. The lowest BCUT2D eigenvalue weighted by molar-refractivity contribution is 0.0845. The van der Waals surface area contributed by atoms with Crippen molar-refractivity contribution in [1.29, 1.82) is 0 Å². The molecule has 2 aromatic heterocycles. The van der Waals surface area contributed by atoms with Gasteiger partial charge in [0.05, 0.1) is 11.4 Å². The van der Waals surface area contributed by atoms with Gasteiger partial charge in [0.1, 0.15) is 12.1 Å². The number of ether oxygens (including phenoxy) is 1.